The highest BCUT2D eigenvalue weighted by atomic mass is 16.5. The Bertz CT molecular complexity index is 792. The summed E-state index contributed by atoms with van der Waals surface area (Å²) < 4.78 is 17.9. The Morgan fingerprint density at radius 1 is 0.520 bits per heavy atom. The van der Waals surface area contributed by atoms with Crippen molar-refractivity contribution < 1.29 is 19.0 Å². The number of carbonyl (C=O) groups excluding carboxylic acids is 1. The lowest BCUT2D eigenvalue weighted by molar-refractivity contribution is -0.143. The summed E-state index contributed by atoms with van der Waals surface area (Å²) in [6.07, 6.45) is 49.4. The molecule has 0 aromatic heterocycles. The third-order valence-corrected chi connectivity index (χ3v) is 9.58. The second-order valence-corrected chi connectivity index (χ2v) is 14.3. The van der Waals surface area contributed by atoms with Gasteiger partial charge < -0.3 is 14.2 Å². The molecule has 0 bridgehead atoms. The molecule has 0 aliphatic carbocycles. The van der Waals surface area contributed by atoms with Crippen LogP contribution in [0.15, 0.2) is 48.6 Å². The van der Waals surface area contributed by atoms with Crippen LogP contribution in [0.3, 0.4) is 0 Å². The van der Waals surface area contributed by atoms with Crippen molar-refractivity contribution in [2.24, 2.45) is 0 Å². The van der Waals surface area contributed by atoms with Gasteiger partial charge in [-0.3, -0.25) is 9.69 Å². The first-order valence-corrected chi connectivity index (χ1v) is 21.4. The zero-order valence-corrected chi connectivity index (χ0v) is 33.3. The zero-order valence-electron chi connectivity index (χ0n) is 33.3. The van der Waals surface area contributed by atoms with Gasteiger partial charge in [-0.1, -0.05) is 140 Å². The van der Waals surface area contributed by atoms with Crippen molar-refractivity contribution in [3.8, 4) is 0 Å². The summed E-state index contributed by atoms with van der Waals surface area (Å²) in [5.74, 6) is -0.114. The molecule has 0 unspecified atom stereocenters. The van der Waals surface area contributed by atoms with E-state index in [4.69, 9.17) is 14.2 Å². The topological polar surface area (TPSA) is 48.0 Å². The zero-order chi connectivity index (χ0) is 36.0. The van der Waals surface area contributed by atoms with E-state index in [0.29, 0.717) is 19.6 Å². The van der Waals surface area contributed by atoms with Crippen molar-refractivity contribution in [2.45, 2.75) is 193 Å². The summed E-state index contributed by atoms with van der Waals surface area (Å²) in [5.41, 5.74) is 0. The summed E-state index contributed by atoms with van der Waals surface area (Å²) in [6, 6.07) is 0. The fourth-order valence-electron chi connectivity index (χ4n) is 6.45. The minimum absolute atomic E-state index is 0.0970. The number of hydrogen-bond acceptors (Lipinski definition) is 5. The average Bonchev–Trinajstić information content (AvgIpc) is 3.51. The van der Waals surface area contributed by atoms with Gasteiger partial charge in [-0.25, -0.2) is 0 Å². The number of likely N-dealkylation sites (tertiary alicyclic amines) is 1. The summed E-state index contributed by atoms with van der Waals surface area (Å²) in [7, 11) is 0. The molecule has 50 heavy (non-hydrogen) atoms. The molecule has 0 spiro atoms. The summed E-state index contributed by atoms with van der Waals surface area (Å²) in [5, 5.41) is 0. The predicted octanol–water partition coefficient (Wildman–Crippen LogP) is 12.7. The molecule has 290 valence electrons. The number of nitrogens with zero attached hydrogens (tertiary/aromatic N) is 1. The number of unbranched alkanes of at least 4 members (excludes halogenated alkanes) is 18. The summed E-state index contributed by atoms with van der Waals surface area (Å²) in [4.78, 5) is 14.3. The highest BCUT2D eigenvalue weighted by molar-refractivity contribution is 5.69. The van der Waals surface area contributed by atoms with E-state index in [2.05, 4.69) is 67.4 Å². The van der Waals surface area contributed by atoms with E-state index < -0.39 is 0 Å². The fourth-order valence-corrected chi connectivity index (χ4v) is 6.45. The first-order valence-electron chi connectivity index (χ1n) is 21.4. The smallest absolute Gasteiger partial charge is 0.307 e. The molecule has 0 aromatic rings. The lowest BCUT2D eigenvalue weighted by Crippen LogP contribution is -2.30. The quantitative estimate of drug-likeness (QED) is 0.0370. The van der Waals surface area contributed by atoms with Gasteiger partial charge in [0.15, 0.2) is 0 Å². The van der Waals surface area contributed by atoms with Gasteiger partial charge in [-0.05, 0) is 84.0 Å². The van der Waals surface area contributed by atoms with Crippen LogP contribution >= 0.6 is 0 Å². The van der Waals surface area contributed by atoms with Crippen LogP contribution in [0.5, 0.6) is 0 Å². The van der Waals surface area contributed by atoms with Gasteiger partial charge in [-0.15, -0.1) is 0 Å². The van der Waals surface area contributed by atoms with Crippen LogP contribution in [0.4, 0.5) is 0 Å². The molecule has 1 heterocycles. The number of esters is 1. The van der Waals surface area contributed by atoms with E-state index in [-0.39, 0.29) is 18.2 Å². The molecule has 0 amide bonds. The highest BCUT2D eigenvalue weighted by Gasteiger charge is 2.34. The molecule has 1 aliphatic heterocycles. The molecule has 0 aromatic carbocycles. The van der Waals surface area contributed by atoms with Gasteiger partial charge in [-0.2, -0.15) is 0 Å². The molecule has 0 N–H and O–H groups in total. The van der Waals surface area contributed by atoms with Crippen molar-refractivity contribution in [2.75, 3.05) is 39.5 Å². The number of rotatable bonds is 36. The molecule has 1 fully saturated rings. The Kier molecular flexibility index (Phi) is 34.4. The molecule has 2 atom stereocenters. The lowest BCUT2D eigenvalue weighted by atomic mass is 10.1. The van der Waals surface area contributed by atoms with Crippen LogP contribution in [-0.4, -0.2) is 62.5 Å². The fraction of sp³-hybridized carbons (Fsp3) is 0.800. The van der Waals surface area contributed by atoms with Gasteiger partial charge in [0.1, 0.15) is 0 Å². The van der Waals surface area contributed by atoms with Crippen LogP contribution in [-0.2, 0) is 19.0 Å². The van der Waals surface area contributed by atoms with Gasteiger partial charge in [0.25, 0.3) is 0 Å². The number of allylic oxidation sites excluding steroid dienone is 8. The molecule has 0 radical (unpaired) electrons. The van der Waals surface area contributed by atoms with E-state index in [1.807, 2.05) is 6.92 Å². The maximum atomic E-state index is 11.9. The lowest BCUT2D eigenvalue weighted by Gasteiger charge is -2.20. The molecule has 1 rings (SSSR count). The van der Waals surface area contributed by atoms with E-state index in [9.17, 15) is 4.79 Å². The maximum absolute atomic E-state index is 11.9. The Morgan fingerprint density at radius 3 is 1.30 bits per heavy atom. The van der Waals surface area contributed by atoms with Gasteiger partial charge in [0, 0.05) is 32.8 Å². The van der Waals surface area contributed by atoms with Crippen molar-refractivity contribution >= 4 is 5.97 Å². The maximum Gasteiger partial charge on any atom is 0.307 e. The molecular weight excluding hydrogens is 618 g/mol. The summed E-state index contributed by atoms with van der Waals surface area (Å²) in [6.45, 7) is 10.8. The first-order chi connectivity index (χ1) is 24.7. The van der Waals surface area contributed by atoms with E-state index in [1.54, 1.807) is 0 Å². The molecule has 0 saturated carbocycles. The summed E-state index contributed by atoms with van der Waals surface area (Å²) >= 11 is 0. The van der Waals surface area contributed by atoms with E-state index in [0.717, 1.165) is 52.0 Å². The van der Waals surface area contributed by atoms with Crippen molar-refractivity contribution in [1.29, 1.82) is 0 Å². The van der Waals surface area contributed by atoms with Crippen LogP contribution in [0.25, 0.3) is 0 Å². The number of carbonyl (C=O) groups is 1. The monoisotopic (exact) mass is 700 g/mol. The molecule has 1 saturated heterocycles. The van der Waals surface area contributed by atoms with Crippen molar-refractivity contribution in [3.05, 3.63) is 48.6 Å². The van der Waals surface area contributed by atoms with Crippen LogP contribution < -0.4 is 0 Å². The van der Waals surface area contributed by atoms with Crippen LogP contribution in [0, 0.1) is 0 Å². The number of hydrogen-bond donors (Lipinski definition) is 0. The highest BCUT2D eigenvalue weighted by Crippen LogP contribution is 2.19. The average molecular weight is 700 g/mol. The third kappa shape index (κ3) is 30.0. The van der Waals surface area contributed by atoms with Crippen molar-refractivity contribution in [1.82, 2.24) is 4.90 Å². The van der Waals surface area contributed by atoms with E-state index >= 15 is 0 Å². The Hall–Kier alpha value is -1.69. The predicted molar refractivity (Wildman–Crippen MR) is 216 cm³/mol. The molecule has 1 aliphatic rings. The molecule has 5 nitrogen and oxygen atoms in total. The molecular formula is C45H81NO4. The Labute approximate surface area is 310 Å². The minimum Gasteiger partial charge on any atom is -0.466 e. The second kappa shape index (κ2) is 37.1. The molecule has 5 heteroatoms. The standard InChI is InChI=1S/C45H81NO4/c1-4-7-9-11-13-15-17-19-21-23-25-27-29-31-33-35-39-49-43-41-46(38-37-45(47)48-6-3)42-44(43)50-40-36-34-32-30-28-26-24-22-20-18-16-14-12-10-8-5-2/h13-16,19-22,43-44H,4-12,17-18,23-42H2,1-3H3/t43-,44-/m1/s1. The SMILES string of the molecule is CCCCCC=CCC=CCCCCCCCCO[C@@H]1CN(CCC(=O)OCC)C[C@H]1OCCCCCCCCC=CCC=CCCCCC. The van der Waals surface area contributed by atoms with E-state index in [1.165, 1.54) is 128 Å². The minimum atomic E-state index is -0.114. The largest absolute Gasteiger partial charge is 0.466 e. The van der Waals surface area contributed by atoms with Gasteiger partial charge in [0.2, 0.25) is 0 Å². The van der Waals surface area contributed by atoms with Gasteiger partial charge in [0.05, 0.1) is 25.2 Å². The van der Waals surface area contributed by atoms with Crippen LogP contribution in [0.2, 0.25) is 0 Å². The third-order valence-electron chi connectivity index (χ3n) is 9.58. The number of ether oxygens (including phenoxy) is 3. The van der Waals surface area contributed by atoms with Crippen LogP contribution in [0.1, 0.15) is 181 Å². The normalized spacial score (nSPS) is 17.1. The Balaban J connectivity index is 2.15. The van der Waals surface area contributed by atoms with Gasteiger partial charge >= 0.3 is 5.97 Å². The second-order valence-electron chi connectivity index (χ2n) is 14.3. The van der Waals surface area contributed by atoms with Crippen molar-refractivity contribution in [3.63, 3.8) is 0 Å². The Morgan fingerprint density at radius 2 is 0.900 bits per heavy atom. The first kappa shape index (κ1) is 46.3.